The molecule has 33 heavy (non-hydrogen) atoms. The monoisotopic (exact) mass is 490 g/mol. The van der Waals surface area contributed by atoms with Crippen molar-refractivity contribution in [3.05, 3.63) is 0 Å². The molecule has 0 amide bonds. The fourth-order valence-electron chi connectivity index (χ4n) is 2.07. The van der Waals surface area contributed by atoms with Gasteiger partial charge in [0, 0.05) is 39.3 Å². The summed E-state index contributed by atoms with van der Waals surface area (Å²) in [4.78, 5) is 33.9. The first-order valence-corrected chi connectivity index (χ1v) is 10.0. The first-order valence-electron chi connectivity index (χ1n) is 10.0. The molecule has 0 rings (SSSR count). The van der Waals surface area contributed by atoms with Gasteiger partial charge in [-0.15, -0.1) is 0 Å². The van der Waals surface area contributed by atoms with Gasteiger partial charge in [-0.1, -0.05) is 0 Å². The van der Waals surface area contributed by atoms with Crippen LogP contribution in [0.25, 0.3) is 0 Å². The molecule has 0 heterocycles. The molecule has 0 aliphatic rings. The van der Waals surface area contributed by atoms with Crippen molar-refractivity contribution in [1.29, 1.82) is 0 Å². The van der Waals surface area contributed by atoms with Gasteiger partial charge in [0.15, 0.2) is 6.10 Å². The van der Waals surface area contributed by atoms with E-state index >= 15 is 0 Å². The van der Waals surface area contributed by atoms with E-state index in [1.165, 1.54) is 0 Å². The molecule has 0 aliphatic carbocycles. The van der Waals surface area contributed by atoms with Gasteiger partial charge in [0.1, 0.15) is 6.61 Å². The lowest BCUT2D eigenvalue weighted by Crippen LogP contribution is -2.32. The van der Waals surface area contributed by atoms with Crippen LogP contribution in [0.3, 0.4) is 0 Å². The van der Waals surface area contributed by atoms with Crippen molar-refractivity contribution in [2.24, 2.45) is 0 Å². The molecule has 0 aromatic rings. The summed E-state index contributed by atoms with van der Waals surface area (Å²) in [6.45, 7) is 2.68. The second-order valence-electron chi connectivity index (χ2n) is 6.15. The van der Waals surface area contributed by atoms with Crippen LogP contribution < -0.4 is 0 Å². The number of ether oxygens (including phenoxy) is 1. The topological polar surface area (TPSA) is 249 Å². The zero-order valence-electron chi connectivity index (χ0n) is 18.5. The highest BCUT2D eigenvalue weighted by Crippen LogP contribution is 1.98. The first kappa shape index (κ1) is 35.6. The molecule has 15 heteroatoms. The fraction of sp³-hybridized carbons (Fsp3) is 0.833. The van der Waals surface area contributed by atoms with Crippen LogP contribution in [0.1, 0.15) is 6.42 Å². The van der Waals surface area contributed by atoms with Crippen LogP contribution in [-0.2, 0) is 19.1 Å². The normalized spacial score (nSPS) is 11.3. The van der Waals surface area contributed by atoms with Crippen molar-refractivity contribution in [1.82, 2.24) is 9.80 Å². The standard InChI is InChI=1S/2C6H15NO3.C6H8O7/c2*8-4-1-7(2-5-9)3-6-10;7-4(8)1-3(6(11)12)13-2-5(9)10/h2*8-10H,1-6H2;3H,1-2H2,(H,7,8)(H,9,10)(H,11,12). The van der Waals surface area contributed by atoms with Crippen molar-refractivity contribution in [3.8, 4) is 0 Å². The van der Waals surface area contributed by atoms with E-state index in [1.807, 2.05) is 0 Å². The predicted molar refractivity (Wildman–Crippen MR) is 113 cm³/mol. The van der Waals surface area contributed by atoms with Gasteiger partial charge in [-0.05, 0) is 0 Å². The molecule has 1 unspecified atom stereocenters. The van der Waals surface area contributed by atoms with Gasteiger partial charge in [0.2, 0.25) is 0 Å². The molecule has 0 saturated carbocycles. The van der Waals surface area contributed by atoms with Crippen LogP contribution >= 0.6 is 0 Å². The van der Waals surface area contributed by atoms with Crippen molar-refractivity contribution >= 4 is 17.9 Å². The molecule has 0 radical (unpaired) electrons. The summed E-state index contributed by atoms with van der Waals surface area (Å²) in [6, 6.07) is 0. The van der Waals surface area contributed by atoms with E-state index < -0.39 is 37.0 Å². The highest BCUT2D eigenvalue weighted by Gasteiger charge is 2.22. The minimum atomic E-state index is -1.62. The zero-order chi connectivity index (χ0) is 26.1. The number of hydrogen-bond donors (Lipinski definition) is 9. The van der Waals surface area contributed by atoms with Gasteiger partial charge in [0.25, 0.3) is 0 Å². The van der Waals surface area contributed by atoms with E-state index in [-0.39, 0.29) is 39.6 Å². The Hall–Kier alpha value is -1.95. The number of rotatable bonds is 18. The van der Waals surface area contributed by atoms with Gasteiger partial charge in [0.05, 0.1) is 46.1 Å². The van der Waals surface area contributed by atoms with Crippen LogP contribution in [0.2, 0.25) is 0 Å². The van der Waals surface area contributed by atoms with Gasteiger partial charge in [-0.25, -0.2) is 9.59 Å². The molecular formula is C18H38N2O13. The SMILES string of the molecule is O=C(O)COC(CC(=O)O)C(=O)O.OCCN(CCO)CCO.OCCN(CCO)CCO. The molecule has 1 atom stereocenters. The molecule has 198 valence electrons. The van der Waals surface area contributed by atoms with E-state index in [1.54, 1.807) is 9.80 Å². The number of nitrogens with zero attached hydrogens (tertiary/aromatic N) is 2. The van der Waals surface area contributed by atoms with Gasteiger partial charge < -0.3 is 50.7 Å². The number of aliphatic hydroxyl groups is 6. The number of aliphatic carboxylic acids is 3. The maximum absolute atomic E-state index is 10.3. The molecule has 0 aromatic carbocycles. The van der Waals surface area contributed by atoms with Crippen molar-refractivity contribution < 1.29 is 65.1 Å². The first-order chi connectivity index (χ1) is 15.6. The van der Waals surface area contributed by atoms with Crippen LogP contribution in [0, 0.1) is 0 Å². The van der Waals surface area contributed by atoms with Crippen molar-refractivity contribution in [3.63, 3.8) is 0 Å². The van der Waals surface area contributed by atoms with E-state index in [0.29, 0.717) is 39.3 Å². The number of carbonyl (C=O) groups is 3. The number of carboxylic acids is 3. The summed E-state index contributed by atoms with van der Waals surface area (Å²) < 4.78 is 4.30. The third kappa shape index (κ3) is 28.0. The number of carboxylic acid groups (broad SMARTS) is 3. The highest BCUT2D eigenvalue weighted by atomic mass is 16.5. The number of hydrogen-bond acceptors (Lipinski definition) is 12. The van der Waals surface area contributed by atoms with Crippen molar-refractivity contribution in [2.45, 2.75) is 12.5 Å². The lowest BCUT2D eigenvalue weighted by Gasteiger charge is -2.17. The number of aliphatic hydroxyl groups excluding tert-OH is 6. The molecule has 0 aromatic heterocycles. The van der Waals surface area contributed by atoms with Crippen LogP contribution in [-0.4, -0.2) is 165 Å². The summed E-state index contributed by atoms with van der Waals surface area (Å²) in [5.41, 5.74) is 0. The molecule has 0 fully saturated rings. The maximum atomic E-state index is 10.3. The van der Waals surface area contributed by atoms with Crippen LogP contribution in [0.4, 0.5) is 0 Å². The Kier molecular flexibility index (Phi) is 28.4. The highest BCUT2D eigenvalue weighted by molar-refractivity contribution is 5.80. The summed E-state index contributed by atoms with van der Waals surface area (Å²) >= 11 is 0. The predicted octanol–water partition coefficient (Wildman–Crippen LogP) is -4.45. The molecule has 0 spiro atoms. The Morgan fingerprint density at radius 2 is 0.879 bits per heavy atom. The maximum Gasteiger partial charge on any atom is 0.333 e. The molecule has 15 nitrogen and oxygen atoms in total. The smallest absolute Gasteiger partial charge is 0.333 e. The third-order valence-corrected chi connectivity index (χ3v) is 3.54. The lowest BCUT2D eigenvalue weighted by molar-refractivity contribution is -0.161. The summed E-state index contributed by atoms with van der Waals surface area (Å²) in [6.07, 6.45) is -2.38. The molecule has 0 aliphatic heterocycles. The van der Waals surface area contributed by atoms with Gasteiger partial charge in [-0.3, -0.25) is 14.6 Å². The third-order valence-electron chi connectivity index (χ3n) is 3.54. The van der Waals surface area contributed by atoms with Crippen LogP contribution in [0.5, 0.6) is 0 Å². The largest absolute Gasteiger partial charge is 0.481 e. The minimum Gasteiger partial charge on any atom is -0.481 e. The van der Waals surface area contributed by atoms with Gasteiger partial charge in [-0.2, -0.15) is 0 Å². The summed E-state index contributed by atoms with van der Waals surface area (Å²) in [7, 11) is 0. The van der Waals surface area contributed by atoms with E-state index in [4.69, 9.17) is 46.0 Å². The van der Waals surface area contributed by atoms with Crippen molar-refractivity contribution in [2.75, 3.05) is 85.5 Å². The molecule has 0 bridgehead atoms. The Balaban J connectivity index is -0.000000415. The van der Waals surface area contributed by atoms with Crippen LogP contribution in [0.15, 0.2) is 0 Å². The second kappa shape index (κ2) is 26.3. The summed E-state index contributed by atoms with van der Waals surface area (Å²) in [5.74, 6) is -4.21. The van der Waals surface area contributed by atoms with E-state index in [2.05, 4.69) is 4.74 Å². The fourth-order valence-corrected chi connectivity index (χ4v) is 2.07. The molecule has 9 N–H and O–H groups in total. The lowest BCUT2D eigenvalue weighted by atomic mass is 10.2. The Morgan fingerprint density at radius 3 is 1.06 bits per heavy atom. The van der Waals surface area contributed by atoms with E-state index in [9.17, 15) is 14.4 Å². The summed E-state index contributed by atoms with van der Waals surface area (Å²) in [5, 5.41) is 75.6. The van der Waals surface area contributed by atoms with E-state index in [0.717, 1.165) is 0 Å². The Morgan fingerprint density at radius 1 is 0.576 bits per heavy atom. The Bertz CT molecular complexity index is 436. The average molecular weight is 491 g/mol. The average Bonchev–Trinajstić information content (AvgIpc) is 2.73. The van der Waals surface area contributed by atoms with Gasteiger partial charge >= 0.3 is 17.9 Å². The molecular weight excluding hydrogens is 452 g/mol. The quantitative estimate of drug-likeness (QED) is 0.0878. The minimum absolute atomic E-state index is 0.0694. The Labute approximate surface area is 191 Å². The second-order valence-corrected chi connectivity index (χ2v) is 6.15. The zero-order valence-corrected chi connectivity index (χ0v) is 18.5. The molecule has 0 saturated heterocycles.